The minimum atomic E-state index is -0.203. The molecule has 0 spiro atoms. The largest absolute Gasteiger partial charge is 0.396 e. The van der Waals surface area contributed by atoms with E-state index in [1.54, 1.807) is 0 Å². The highest BCUT2D eigenvalue weighted by atomic mass is 16.3. The van der Waals surface area contributed by atoms with Gasteiger partial charge in [-0.1, -0.05) is 30.4 Å². The average Bonchev–Trinajstić information content (AvgIpc) is 2.81. The number of anilines is 1. The summed E-state index contributed by atoms with van der Waals surface area (Å²) in [6, 6.07) is 5.71. The second-order valence-electron chi connectivity index (χ2n) is 5.04. The van der Waals surface area contributed by atoms with E-state index >= 15 is 0 Å². The first-order chi connectivity index (χ1) is 9.10. The first-order valence-corrected chi connectivity index (χ1v) is 6.53. The lowest BCUT2D eigenvalue weighted by atomic mass is 10.1. The second kappa shape index (κ2) is 5.89. The highest BCUT2D eigenvalue weighted by Gasteiger charge is 2.19. The molecule has 1 aliphatic carbocycles. The predicted octanol–water partition coefficient (Wildman–Crippen LogP) is 2.36. The van der Waals surface area contributed by atoms with Crippen LogP contribution >= 0.6 is 0 Å². The minimum absolute atomic E-state index is 0.00137. The molecule has 0 bridgehead atoms. The van der Waals surface area contributed by atoms with Gasteiger partial charge in [0.2, 0.25) is 0 Å². The molecule has 0 aromatic heterocycles. The van der Waals surface area contributed by atoms with Crippen LogP contribution in [0.15, 0.2) is 30.4 Å². The monoisotopic (exact) mass is 260 g/mol. The fourth-order valence-electron chi connectivity index (χ4n) is 2.35. The van der Waals surface area contributed by atoms with Crippen molar-refractivity contribution in [3.63, 3.8) is 0 Å². The number of aliphatic hydroxyl groups excluding tert-OH is 1. The number of rotatable bonds is 3. The number of nitrogens with one attached hydrogen (secondary N) is 2. The zero-order chi connectivity index (χ0) is 13.8. The Kier molecular flexibility index (Phi) is 4.22. The van der Waals surface area contributed by atoms with E-state index in [1.165, 1.54) is 0 Å². The van der Waals surface area contributed by atoms with Crippen LogP contribution in [0.3, 0.4) is 0 Å². The molecule has 4 nitrogen and oxygen atoms in total. The van der Waals surface area contributed by atoms with Crippen LogP contribution in [0.25, 0.3) is 0 Å². The molecule has 0 saturated heterocycles. The summed E-state index contributed by atoms with van der Waals surface area (Å²) in [4.78, 5) is 11.9. The number of benzene rings is 1. The van der Waals surface area contributed by atoms with Crippen molar-refractivity contribution in [3.05, 3.63) is 41.5 Å². The van der Waals surface area contributed by atoms with Crippen molar-refractivity contribution >= 4 is 11.7 Å². The van der Waals surface area contributed by atoms with Crippen molar-refractivity contribution < 1.29 is 9.90 Å². The van der Waals surface area contributed by atoms with Crippen LogP contribution in [0.2, 0.25) is 0 Å². The minimum Gasteiger partial charge on any atom is -0.396 e. The van der Waals surface area contributed by atoms with Gasteiger partial charge in [-0.05, 0) is 31.4 Å². The highest BCUT2D eigenvalue weighted by Crippen LogP contribution is 2.20. The Bertz CT molecular complexity index is 477. The number of carbonyl (C=O) groups is 1. The molecule has 2 atom stereocenters. The van der Waals surface area contributed by atoms with Gasteiger partial charge in [0.05, 0.1) is 0 Å². The lowest BCUT2D eigenvalue weighted by Gasteiger charge is -2.16. The summed E-state index contributed by atoms with van der Waals surface area (Å²) in [7, 11) is 0. The van der Waals surface area contributed by atoms with Gasteiger partial charge in [0.1, 0.15) is 0 Å². The Labute approximate surface area is 113 Å². The first-order valence-electron chi connectivity index (χ1n) is 6.53. The molecule has 2 rings (SSSR count). The van der Waals surface area contributed by atoms with Gasteiger partial charge in [-0.15, -0.1) is 0 Å². The van der Waals surface area contributed by atoms with Gasteiger partial charge in [-0.3, -0.25) is 0 Å². The lowest BCUT2D eigenvalue weighted by molar-refractivity contribution is 0.238. The van der Waals surface area contributed by atoms with Crippen molar-refractivity contribution in [2.24, 2.45) is 5.92 Å². The second-order valence-corrected chi connectivity index (χ2v) is 5.04. The first kappa shape index (κ1) is 13.6. The molecule has 4 heteroatoms. The van der Waals surface area contributed by atoms with E-state index in [0.717, 1.165) is 23.2 Å². The van der Waals surface area contributed by atoms with E-state index in [1.807, 2.05) is 44.2 Å². The summed E-state index contributed by atoms with van der Waals surface area (Å²) in [6.45, 7) is 4.08. The Morgan fingerprint density at radius 2 is 2.00 bits per heavy atom. The van der Waals surface area contributed by atoms with Gasteiger partial charge in [-0.25, -0.2) is 4.79 Å². The van der Waals surface area contributed by atoms with Crippen LogP contribution in [0, 0.1) is 19.8 Å². The third kappa shape index (κ3) is 3.35. The van der Waals surface area contributed by atoms with E-state index in [2.05, 4.69) is 10.6 Å². The van der Waals surface area contributed by atoms with Crippen molar-refractivity contribution in [1.29, 1.82) is 0 Å². The van der Waals surface area contributed by atoms with E-state index < -0.39 is 0 Å². The standard InChI is InChI=1S/C15H20N2O2/c1-10-4-3-5-11(2)14(10)17-15(19)16-13-7-6-12(8-13)9-18/h3-7,12-13,18H,8-9H2,1-2H3,(H2,16,17,19)/t12-,13+/m0/s1. The molecule has 0 aliphatic heterocycles. The molecule has 1 aliphatic rings. The smallest absolute Gasteiger partial charge is 0.319 e. The van der Waals surface area contributed by atoms with Crippen LogP contribution in [-0.2, 0) is 0 Å². The van der Waals surface area contributed by atoms with Gasteiger partial charge in [0, 0.05) is 24.3 Å². The Morgan fingerprint density at radius 3 is 2.58 bits per heavy atom. The number of aliphatic hydroxyl groups is 1. The van der Waals surface area contributed by atoms with Gasteiger partial charge in [0.25, 0.3) is 0 Å². The molecule has 0 unspecified atom stereocenters. The van der Waals surface area contributed by atoms with E-state index in [4.69, 9.17) is 5.11 Å². The topological polar surface area (TPSA) is 61.4 Å². The summed E-state index contributed by atoms with van der Waals surface area (Å²) in [6.07, 6.45) is 4.64. The van der Waals surface area contributed by atoms with Crippen molar-refractivity contribution in [3.8, 4) is 0 Å². The molecule has 0 fully saturated rings. The number of carbonyl (C=O) groups excluding carboxylic acids is 1. The molecule has 1 aromatic carbocycles. The summed E-state index contributed by atoms with van der Waals surface area (Å²) < 4.78 is 0. The fourth-order valence-corrected chi connectivity index (χ4v) is 2.35. The Morgan fingerprint density at radius 1 is 1.32 bits per heavy atom. The normalized spacial score (nSPS) is 21.4. The number of hydrogen-bond donors (Lipinski definition) is 3. The van der Waals surface area contributed by atoms with Crippen molar-refractivity contribution in [1.82, 2.24) is 5.32 Å². The van der Waals surface area contributed by atoms with Gasteiger partial charge in [0.15, 0.2) is 0 Å². The van der Waals surface area contributed by atoms with Crippen molar-refractivity contribution in [2.75, 3.05) is 11.9 Å². The number of amides is 2. The number of aryl methyl sites for hydroxylation is 2. The fraction of sp³-hybridized carbons (Fsp3) is 0.400. The third-order valence-electron chi connectivity index (χ3n) is 3.44. The van der Waals surface area contributed by atoms with Gasteiger partial charge in [-0.2, -0.15) is 0 Å². The molecule has 0 saturated carbocycles. The Balaban J connectivity index is 1.94. The number of hydrogen-bond acceptors (Lipinski definition) is 2. The van der Waals surface area contributed by atoms with E-state index in [0.29, 0.717) is 0 Å². The summed E-state index contributed by atoms with van der Waals surface area (Å²) >= 11 is 0. The van der Waals surface area contributed by atoms with Gasteiger partial charge < -0.3 is 15.7 Å². The van der Waals surface area contributed by atoms with E-state index in [9.17, 15) is 4.79 Å². The van der Waals surface area contributed by atoms with Crippen LogP contribution in [-0.4, -0.2) is 23.8 Å². The molecule has 0 radical (unpaired) electrons. The average molecular weight is 260 g/mol. The van der Waals surface area contributed by atoms with Crippen LogP contribution in [0.4, 0.5) is 10.5 Å². The maximum Gasteiger partial charge on any atom is 0.319 e. The SMILES string of the molecule is Cc1cccc(C)c1NC(=O)N[C@@H]1C=C[C@H](CO)C1. The lowest BCUT2D eigenvalue weighted by Crippen LogP contribution is -2.36. The molecular weight excluding hydrogens is 240 g/mol. The summed E-state index contributed by atoms with van der Waals surface area (Å²) in [5.41, 5.74) is 2.95. The quantitative estimate of drug-likeness (QED) is 0.731. The molecular formula is C15H20N2O2. The van der Waals surface area contributed by atoms with Gasteiger partial charge >= 0.3 is 6.03 Å². The summed E-state index contributed by atoms with van der Waals surface area (Å²) in [5, 5.41) is 14.8. The maximum atomic E-state index is 11.9. The van der Waals surface area contributed by atoms with Crippen LogP contribution in [0.5, 0.6) is 0 Å². The molecule has 19 heavy (non-hydrogen) atoms. The summed E-state index contributed by atoms with van der Waals surface area (Å²) in [5.74, 6) is 0.158. The zero-order valence-corrected chi connectivity index (χ0v) is 11.3. The number of urea groups is 1. The van der Waals surface area contributed by atoms with Crippen LogP contribution < -0.4 is 10.6 Å². The zero-order valence-electron chi connectivity index (χ0n) is 11.3. The van der Waals surface area contributed by atoms with E-state index in [-0.39, 0.29) is 24.6 Å². The Hall–Kier alpha value is -1.81. The molecule has 2 amide bonds. The highest BCUT2D eigenvalue weighted by molar-refractivity contribution is 5.91. The van der Waals surface area contributed by atoms with Crippen LogP contribution in [0.1, 0.15) is 17.5 Å². The molecule has 0 heterocycles. The predicted molar refractivity (Wildman–Crippen MR) is 76.2 cm³/mol. The molecule has 102 valence electrons. The number of para-hydroxylation sites is 1. The van der Waals surface area contributed by atoms with Crippen molar-refractivity contribution in [2.45, 2.75) is 26.3 Å². The molecule has 3 N–H and O–H groups in total. The maximum absolute atomic E-state index is 11.9. The third-order valence-corrected chi connectivity index (χ3v) is 3.44. The molecule has 1 aromatic rings.